The molecule has 0 radical (unpaired) electrons. The lowest BCUT2D eigenvalue weighted by Crippen LogP contribution is -2.29. The van der Waals surface area contributed by atoms with Crippen LogP contribution in [0.3, 0.4) is 0 Å². The number of hydrogen-bond acceptors (Lipinski definition) is 5. The Balaban J connectivity index is 1.89. The smallest absolute Gasteiger partial charge is 0.303 e. The van der Waals surface area contributed by atoms with Gasteiger partial charge in [-0.25, -0.2) is 10.2 Å². The lowest BCUT2D eigenvalue weighted by Gasteiger charge is -2.05. The van der Waals surface area contributed by atoms with Crippen LogP contribution in [-0.4, -0.2) is 25.3 Å². The van der Waals surface area contributed by atoms with Gasteiger partial charge in [-0.05, 0) is 18.1 Å². The van der Waals surface area contributed by atoms with E-state index in [1.165, 1.54) is 4.57 Å². The van der Waals surface area contributed by atoms with Crippen molar-refractivity contribution >= 4 is 29.4 Å². The van der Waals surface area contributed by atoms with Gasteiger partial charge in [0.2, 0.25) is 5.95 Å². The number of allylic oxidation sites excluding steroid dienone is 1. The minimum Gasteiger partial charge on any atom is -0.303 e. The maximum atomic E-state index is 12.2. The van der Waals surface area contributed by atoms with E-state index in [2.05, 4.69) is 20.5 Å². The fraction of sp³-hybridized carbons (Fsp3) is 0.222. The second-order valence-corrected chi connectivity index (χ2v) is 5.74. The largest absolute Gasteiger partial charge is 0.329 e. The van der Waals surface area contributed by atoms with Crippen LogP contribution in [0.1, 0.15) is 18.9 Å². The van der Waals surface area contributed by atoms with E-state index in [9.17, 15) is 9.59 Å². The lowest BCUT2D eigenvalue weighted by molar-refractivity contribution is 0.698. The molecule has 8 nitrogen and oxygen atoms in total. The fourth-order valence-electron chi connectivity index (χ4n) is 2.62. The molecular formula is C18H20N6O2. The molecule has 0 aliphatic carbocycles. The minimum atomic E-state index is -0.496. The van der Waals surface area contributed by atoms with Crippen molar-refractivity contribution < 1.29 is 0 Å². The molecule has 3 rings (SSSR count). The van der Waals surface area contributed by atoms with Crippen LogP contribution < -0.4 is 16.7 Å². The highest BCUT2D eigenvalue weighted by Crippen LogP contribution is 2.15. The molecule has 0 amide bonds. The van der Waals surface area contributed by atoms with Crippen molar-refractivity contribution in [2.75, 3.05) is 5.43 Å². The normalized spacial score (nSPS) is 11.8. The van der Waals surface area contributed by atoms with Gasteiger partial charge in [0.05, 0.1) is 0 Å². The molecule has 8 heteroatoms. The van der Waals surface area contributed by atoms with Gasteiger partial charge in [-0.2, -0.15) is 10.1 Å². The summed E-state index contributed by atoms with van der Waals surface area (Å²) in [5.41, 5.74) is 3.65. The Labute approximate surface area is 149 Å². The summed E-state index contributed by atoms with van der Waals surface area (Å²) in [6.45, 7) is 2.58. The second kappa shape index (κ2) is 7.64. The molecule has 0 saturated carbocycles. The maximum Gasteiger partial charge on any atom is 0.329 e. The van der Waals surface area contributed by atoms with Crippen LogP contribution in [0.15, 0.2) is 51.1 Å². The molecule has 2 aromatic heterocycles. The monoisotopic (exact) mass is 352 g/mol. The van der Waals surface area contributed by atoms with Crippen LogP contribution in [0, 0.1) is 0 Å². The van der Waals surface area contributed by atoms with E-state index in [1.807, 2.05) is 43.3 Å². The Bertz CT molecular complexity index is 1070. The van der Waals surface area contributed by atoms with Gasteiger partial charge in [-0.15, -0.1) is 0 Å². The van der Waals surface area contributed by atoms with Crippen LogP contribution >= 0.6 is 0 Å². The van der Waals surface area contributed by atoms with E-state index in [-0.39, 0.29) is 0 Å². The first-order chi connectivity index (χ1) is 12.6. The van der Waals surface area contributed by atoms with Crippen LogP contribution in [0.5, 0.6) is 0 Å². The summed E-state index contributed by atoms with van der Waals surface area (Å²) in [6, 6.07) is 9.87. The summed E-state index contributed by atoms with van der Waals surface area (Å²) in [7, 11) is 1.57. The SMILES string of the molecule is CCCn1c(N/N=C\C=C\c2ccccc2)nc2c1c(=O)[nH]c(=O)n2C. The van der Waals surface area contributed by atoms with Crippen LogP contribution in [0.2, 0.25) is 0 Å². The number of nitrogens with zero attached hydrogens (tertiary/aromatic N) is 4. The Hall–Kier alpha value is -3.42. The molecule has 0 saturated heterocycles. The van der Waals surface area contributed by atoms with Crippen molar-refractivity contribution in [3.8, 4) is 0 Å². The number of imidazole rings is 1. The van der Waals surface area contributed by atoms with Crippen LogP contribution in [0.25, 0.3) is 17.2 Å². The van der Waals surface area contributed by atoms with Crippen molar-refractivity contribution in [2.24, 2.45) is 12.1 Å². The highest BCUT2D eigenvalue weighted by Gasteiger charge is 2.16. The molecule has 0 atom stereocenters. The number of aryl methyl sites for hydroxylation is 2. The van der Waals surface area contributed by atoms with Gasteiger partial charge in [0.25, 0.3) is 5.56 Å². The first kappa shape index (κ1) is 17.4. The van der Waals surface area contributed by atoms with Crippen LogP contribution in [0.4, 0.5) is 5.95 Å². The zero-order valence-electron chi connectivity index (χ0n) is 14.6. The fourth-order valence-corrected chi connectivity index (χ4v) is 2.62. The molecule has 0 spiro atoms. The van der Waals surface area contributed by atoms with Crippen molar-refractivity contribution in [1.29, 1.82) is 0 Å². The Kier molecular flexibility index (Phi) is 5.12. The first-order valence-electron chi connectivity index (χ1n) is 8.32. The molecule has 0 unspecified atom stereocenters. The molecule has 0 bridgehead atoms. The topological polar surface area (TPSA) is 97.1 Å². The number of fused-ring (bicyclic) bond motifs is 1. The summed E-state index contributed by atoms with van der Waals surface area (Å²) in [6.07, 6.45) is 6.14. The molecule has 0 fully saturated rings. The third-order valence-electron chi connectivity index (χ3n) is 3.87. The number of anilines is 1. The second-order valence-electron chi connectivity index (χ2n) is 5.74. The number of aromatic amines is 1. The molecule has 3 aromatic rings. The lowest BCUT2D eigenvalue weighted by atomic mass is 10.2. The highest BCUT2D eigenvalue weighted by molar-refractivity contribution is 5.79. The zero-order valence-corrected chi connectivity index (χ0v) is 14.6. The standard InChI is InChI=1S/C18H20N6O2/c1-3-12-24-14-15(23(2)18(26)21-16(14)25)20-17(24)22-19-11-7-10-13-8-5-4-6-9-13/h4-11H,3,12H2,1-2H3,(H,20,22)(H,21,25,26)/b10-7+,19-11-. The number of aromatic nitrogens is 4. The van der Waals surface area contributed by atoms with Crippen molar-refractivity contribution in [1.82, 2.24) is 19.1 Å². The third kappa shape index (κ3) is 3.49. The summed E-state index contributed by atoms with van der Waals surface area (Å²) < 4.78 is 3.04. The summed E-state index contributed by atoms with van der Waals surface area (Å²) in [5.74, 6) is 0.415. The molecular weight excluding hydrogens is 332 g/mol. The van der Waals surface area contributed by atoms with Crippen molar-refractivity contribution in [3.63, 3.8) is 0 Å². The third-order valence-corrected chi connectivity index (χ3v) is 3.87. The number of rotatable bonds is 6. The molecule has 26 heavy (non-hydrogen) atoms. The molecule has 2 N–H and O–H groups in total. The predicted octanol–water partition coefficient (Wildman–Crippen LogP) is 1.94. The summed E-state index contributed by atoms with van der Waals surface area (Å²) in [5, 5.41) is 4.13. The number of H-pyrrole nitrogens is 1. The summed E-state index contributed by atoms with van der Waals surface area (Å²) in [4.78, 5) is 30.6. The predicted molar refractivity (Wildman–Crippen MR) is 103 cm³/mol. The van der Waals surface area contributed by atoms with Crippen LogP contribution in [-0.2, 0) is 13.6 Å². The Morgan fingerprint density at radius 3 is 2.77 bits per heavy atom. The molecule has 0 aliphatic heterocycles. The number of nitrogens with one attached hydrogen (secondary N) is 2. The van der Waals surface area contributed by atoms with E-state index >= 15 is 0 Å². The van der Waals surface area contributed by atoms with Gasteiger partial charge in [-0.1, -0.05) is 43.3 Å². The Morgan fingerprint density at radius 2 is 2.04 bits per heavy atom. The first-order valence-corrected chi connectivity index (χ1v) is 8.32. The van der Waals surface area contributed by atoms with E-state index in [4.69, 9.17) is 0 Å². The van der Waals surface area contributed by atoms with Gasteiger partial charge in [0, 0.05) is 19.8 Å². The van der Waals surface area contributed by atoms with E-state index in [0.29, 0.717) is 23.7 Å². The molecule has 2 heterocycles. The van der Waals surface area contributed by atoms with E-state index in [0.717, 1.165) is 12.0 Å². The van der Waals surface area contributed by atoms with Gasteiger partial charge < -0.3 is 4.57 Å². The number of benzene rings is 1. The van der Waals surface area contributed by atoms with E-state index < -0.39 is 11.2 Å². The van der Waals surface area contributed by atoms with Gasteiger partial charge in [-0.3, -0.25) is 14.3 Å². The molecule has 1 aromatic carbocycles. The minimum absolute atomic E-state index is 0.324. The van der Waals surface area contributed by atoms with Gasteiger partial charge in [0.1, 0.15) is 0 Å². The van der Waals surface area contributed by atoms with Gasteiger partial charge >= 0.3 is 5.69 Å². The van der Waals surface area contributed by atoms with Gasteiger partial charge in [0.15, 0.2) is 11.2 Å². The van der Waals surface area contributed by atoms with E-state index in [1.54, 1.807) is 23.9 Å². The quantitative estimate of drug-likeness (QED) is 0.523. The zero-order chi connectivity index (χ0) is 18.5. The van der Waals surface area contributed by atoms with Crippen molar-refractivity contribution in [3.05, 3.63) is 62.8 Å². The average Bonchev–Trinajstić information content (AvgIpc) is 3.00. The maximum absolute atomic E-state index is 12.2. The Morgan fingerprint density at radius 1 is 1.27 bits per heavy atom. The molecule has 0 aliphatic rings. The molecule has 134 valence electrons. The highest BCUT2D eigenvalue weighted by atomic mass is 16.2. The number of hydrazone groups is 1. The number of hydrogen-bond donors (Lipinski definition) is 2. The van der Waals surface area contributed by atoms with Crippen molar-refractivity contribution in [2.45, 2.75) is 19.9 Å². The summed E-state index contributed by atoms with van der Waals surface area (Å²) >= 11 is 0. The average molecular weight is 352 g/mol.